The van der Waals surface area contributed by atoms with Crippen molar-refractivity contribution in [1.82, 2.24) is 5.32 Å². The first-order chi connectivity index (χ1) is 10.6. The maximum atomic E-state index is 6.49. The SMILES string of the molecule is Cc1cc(C2(C)CCCN2)cc(Cl)c1OCc1ccccc1. The van der Waals surface area contributed by atoms with Gasteiger partial charge >= 0.3 is 0 Å². The molecular weight excluding hydrogens is 294 g/mol. The molecule has 0 aromatic heterocycles. The maximum Gasteiger partial charge on any atom is 0.141 e. The molecule has 1 aliphatic rings. The average Bonchev–Trinajstić information content (AvgIpc) is 2.95. The summed E-state index contributed by atoms with van der Waals surface area (Å²) in [5, 5.41) is 4.28. The average molecular weight is 316 g/mol. The van der Waals surface area contributed by atoms with Crippen molar-refractivity contribution < 1.29 is 4.74 Å². The van der Waals surface area contributed by atoms with E-state index >= 15 is 0 Å². The third-order valence-corrected chi connectivity index (χ3v) is 4.74. The van der Waals surface area contributed by atoms with Crippen molar-refractivity contribution in [3.8, 4) is 5.75 Å². The summed E-state index contributed by atoms with van der Waals surface area (Å²) in [6.07, 6.45) is 2.35. The monoisotopic (exact) mass is 315 g/mol. The van der Waals surface area contributed by atoms with Crippen LogP contribution in [0.25, 0.3) is 0 Å². The third-order valence-electron chi connectivity index (χ3n) is 4.46. The van der Waals surface area contributed by atoms with Crippen molar-refractivity contribution >= 4 is 11.6 Å². The summed E-state index contributed by atoms with van der Waals surface area (Å²) in [6.45, 7) is 5.92. The Morgan fingerprint density at radius 3 is 2.64 bits per heavy atom. The molecule has 22 heavy (non-hydrogen) atoms. The van der Waals surface area contributed by atoms with E-state index in [-0.39, 0.29) is 5.54 Å². The molecule has 1 aliphatic heterocycles. The molecule has 0 radical (unpaired) electrons. The lowest BCUT2D eigenvalue weighted by molar-refractivity contribution is 0.304. The fourth-order valence-corrected chi connectivity index (χ4v) is 3.42. The number of aryl methyl sites for hydroxylation is 1. The molecule has 2 aromatic carbocycles. The van der Waals surface area contributed by atoms with E-state index in [1.54, 1.807) is 0 Å². The van der Waals surface area contributed by atoms with Crippen LogP contribution < -0.4 is 10.1 Å². The summed E-state index contributed by atoms with van der Waals surface area (Å²) in [5.41, 5.74) is 3.52. The molecule has 1 atom stereocenters. The van der Waals surface area contributed by atoms with Crippen LogP contribution in [0.5, 0.6) is 5.75 Å². The molecule has 2 nitrogen and oxygen atoms in total. The molecule has 3 rings (SSSR count). The number of rotatable bonds is 4. The number of halogens is 1. The molecule has 1 heterocycles. The molecule has 0 bridgehead atoms. The molecule has 0 amide bonds. The minimum Gasteiger partial charge on any atom is -0.487 e. The van der Waals surface area contributed by atoms with Gasteiger partial charge in [-0.25, -0.2) is 0 Å². The minimum absolute atomic E-state index is 0.0341. The fraction of sp³-hybridized carbons (Fsp3) is 0.368. The van der Waals surface area contributed by atoms with Gasteiger partial charge < -0.3 is 10.1 Å². The lowest BCUT2D eigenvalue weighted by atomic mass is 9.89. The van der Waals surface area contributed by atoms with Gasteiger partial charge in [0.25, 0.3) is 0 Å². The molecule has 116 valence electrons. The van der Waals surface area contributed by atoms with Gasteiger partial charge in [-0.1, -0.05) is 48.0 Å². The number of nitrogens with one attached hydrogen (secondary N) is 1. The van der Waals surface area contributed by atoms with E-state index in [1.165, 1.54) is 12.0 Å². The van der Waals surface area contributed by atoms with Crippen LogP contribution in [0.4, 0.5) is 0 Å². The third kappa shape index (κ3) is 3.13. The van der Waals surface area contributed by atoms with E-state index in [1.807, 2.05) is 24.3 Å². The Bertz CT molecular complexity index is 625. The van der Waals surface area contributed by atoms with Crippen molar-refractivity contribution in [3.05, 3.63) is 64.2 Å². The second-order valence-electron chi connectivity index (χ2n) is 6.24. The fourth-order valence-electron chi connectivity index (χ4n) is 3.10. The summed E-state index contributed by atoms with van der Waals surface area (Å²) in [6, 6.07) is 14.4. The minimum atomic E-state index is 0.0341. The zero-order valence-corrected chi connectivity index (χ0v) is 13.9. The summed E-state index contributed by atoms with van der Waals surface area (Å²) < 4.78 is 5.95. The van der Waals surface area contributed by atoms with E-state index in [4.69, 9.17) is 16.3 Å². The zero-order chi connectivity index (χ0) is 15.6. The number of hydrogen-bond acceptors (Lipinski definition) is 2. The number of hydrogen-bond donors (Lipinski definition) is 1. The second kappa shape index (κ2) is 6.31. The van der Waals surface area contributed by atoms with Crippen molar-refractivity contribution in [2.24, 2.45) is 0 Å². The van der Waals surface area contributed by atoms with Gasteiger partial charge in [0.05, 0.1) is 5.02 Å². The van der Waals surface area contributed by atoms with Crippen molar-refractivity contribution in [2.75, 3.05) is 6.54 Å². The van der Waals surface area contributed by atoms with Crippen LogP contribution in [0.1, 0.15) is 36.5 Å². The molecule has 0 aliphatic carbocycles. The maximum absolute atomic E-state index is 6.49. The standard InChI is InChI=1S/C19H22ClNO/c1-14-11-16(19(2)9-6-10-21-19)12-17(20)18(14)22-13-15-7-4-3-5-8-15/h3-5,7-8,11-12,21H,6,9-10,13H2,1-2H3. The van der Waals surface area contributed by atoms with E-state index < -0.39 is 0 Å². The molecule has 1 saturated heterocycles. The highest BCUT2D eigenvalue weighted by Crippen LogP contribution is 2.37. The Morgan fingerprint density at radius 2 is 2.00 bits per heavy atom. The number of ether oxygens (including phenoxy) is 1. The number of benzene rings is 2. The van der Waals surface area contributed by atoms with Crippen molar-refractivity contribution in [3.63, 3.8) is 0 Å². The predicted octanol–water partition coefficient (Wildman–Crippen LogP) is 4.83. The van der Waals surface area contributed by atoms with Gasteiger partial charge in [0.15, 0.2) is 0 Å². The van der Waals surface area contributed by atoms with Crippen LogP contribution in [0, 0.1) is 6.92 Å². The Kier molecular flexibility index (Phi) is 4.42. The van der Waals surface area contributed by atoms with E-state index in [0.29, 0.717) is 11.6 Å². The molecule has 1 unspecified atom stereocenters. The quantitative estimate of drug-likeness (QED) is 0.873. The lowest BCUT2D eigenvalue weighted by Gasteiger charge is -2.26. The first-order valence-electron chi connectivity index (χ1n) is 7.81. The molecule has 0 spiro atoms. The van der Waals surface area contributed by atoms with Crippen LogP contribution >= 0.6 is 11.6 Å². The lowest BCUT2D eigenvalue weighted by Crippen LogP contribution is -2.33. The molecular formula is C19H22ClNO. The van der Waals surface area contributed by atoms with Gasteiger partial charge in [-0.15, -0.1) is 0 Å². The highest BCUT2D eigenvalue weighted by atomic mass is 35.5. The van der Waals surface area contributed by atoms with Crippen LogP contribution in [0.3, 0.4) is 0 Å². The van der Waals surface area contributed by atoms with Crippen LogP contribution in [0.15, 0.2) is 42.5 Å². The van der Waals surface area contributed by atoms with Crippen molar-refractivity contribution in [1.29, 1.82) is 0 Å². The summed E-state index contributed by atoms with van der Waals surface area (Å²) in [7, 11) is 0. The van der Waals surface area contributed by atoms with Gasteiger partial charge in [-0.2, -0.15) is 0 Å². The molecule has 0 saturated carbocycles. The summed E-state index contributed by atoms with van der Waals surface area (Å²) in [4.78, 5) is 0. The summed E-state index contributed by atoms with van der Waals surface area (Å²) in [5.74, 6) is 0.788. The predicted molar refractivity (Wildman–Crippen MR) is 91.6 cm³/mol. The Labute approximate surface area is 137 Å². The van der Waals surface area contributed by atoms with E-state index in [9.17, 15) is 0 Å². The second-order valence-corrected chi connectivity index (χ2v) is 6.65. The van der Waals surface area contributed by atoms with E-state index in [2.05, 4.69) is 37.4 Å². The molecule has 1 fully saturated rings. The van der Waals surface area contributed by atoms with Gasteiger partial charge in [0.2, 0.25) is 0 Å². The van der Waals surface area contributed by atoms with Gasteiger partial charge in [0.1, 0.15) is 12.4 Å². The normalized spacial score (nSPS) is 21.0. The van der Waals surface area contributed by atoms with Gasteiger partial charge in [0, 0.05) is 5.54 Å². The highest BCUT2D eigenvalue weighted by Gasteiger charge is 2.30. The zero-order valence-electron chi connectivity index (χ0n) is 13.2. The topological polar surface area (TPSA) is 21.3 Å². The van der Waals surface area contributed by atoms with E-state index in [0.717, 1.165) is 29.8 Å². The largest absolute Gasteiger partial charge is 0.487 e. The first-order valence-corrected chi connectivity index (χ1v) is 8.19. The Morgan fingerprint density at radius 1 is 1.23 bits per heavy atom. The first kappa shape index (κ1) is 15.4. The Balaban J connectivity index is 1.81. The molecule has 2 aromatic rings. The summed E-state index contributed by atoms with van der Waals surface area (Å²) >= 11 is 6.49. The van der Waals surface area contributed by atoms with Crippen LogP contribution in [-0.2, 0) is 12.1 Å². The highest BCUT2D eigenvalue weighted by molar-refractivity contribution is 6.32. The molecule has 3 heteroatoms. The van der Waals surface area contributed by atoms with Gasteiger partial charge in [-0.3, -0.25) is 0 Å². The Hall–Kier alpha value is -1.51. The van der Waals surface area contributed by atoms with Gasteiger partial charge in [-0.05, 0) is 56.0 Å². The van der Waals surface area contributed by atoms with Crippen LogP contribution in [0.2, 0.25) is 5.02 Å². The smallest absolute Gasteiger partial charge is 0.141 e. The molecule has 1 N–H and O–H groups in total. The van der Waals surface area contributed by atoms with Crippen molar-refractivity contribution in [2.45, 2.75) is 38.8 Å². The van der Waals surface area contributed by atoms with Crippen LogP contribution in [-0.4, -0.2) is 6.54 Å².